The van der Waals surface area contributed by atoms with E-state index in [1.807, 2.05) is 13.0 Å². The monoisotopic (exact) mass is 360 g/mol. The molecule has 0 aromatic heterocycles. The molecule has 2 amide bonds. The van der Waals surface area contributed by atoms with Crippen LogP contribution < -0.4 is 15.0 Å². The van der Waals surface area contributed by atoms with Crippen LogP contribution in [0.3, 0.4) is 0 Å². The highest BCUT2D eigenvalue weighted by molar-refractivity contribution is 6.31. The van der Waals surface area contributed by atoms with Gasteiger partial charge in [0.25, 0.3) is 0 Å². The van der Waals surface area contributed by atoms with Crippen molar-refractivity contribution in [1.82, 2.24) is 0 Å². The predicted molar refractivity (Wildman–Crippen MR) is 100 cm³/mol. The molecule has 0 saturated carbocycles. The zero-order valence-electron chi connectivity index (χ0n) is 14.5. The van der Waals surface area contributed by atoms with Crippen molar-refractivity contribution in [3.8, 4) is 5.75 Å². The Hall–Kier alpha value is -2.53. The van der Waals surface area contributed by atoms with E-state index in [4.69, 9.17) is 16.3 Å². The van der Waals surface area contributed by atoms with Gasteiger partial charge in [0.1, 0.15) is 5.75 Å². The van der Waals surface area contributed by atoms with Gasteiger partial charge in [-0.05, 0) is 36.8 Å². The molecule has 1 N–H and O–H groups in total. The van der Waals surface area contributed by atoms with Gasteiger partial charge in [-0.25, -0.2) is 0 Å². The van der Waals surface area contributed by atoms with Crippen LogP contribution in [0.4, 0.5) is 11.4 Å². The largest absolute Gasteiger partial charge is 0.497 e. The van der Waals surface area contributed by atoms with E-state index in [0.717, 1.165) is 5.56 Å². The molecule has 0 aliphatic carbocycles. The Labute approximate surface area is 152 Å². The number of rotatable bonds is 6. The van der Waals surface area contributed by atoms with Crippen LogP contribution >= 0.6 is 11.6 Å². The predicted octanol–water partition coefficient (Wildman–Crippen LogP) is 4.04. The van der Waals surface area contributed by atoms with Crippen LogP contribution in [-0.4, -0.2) is 25.5 Å². The van der Waals surface area contributed by atoms with E-state index >= 15 is 0 Å². The van der Waals surface area contributed by atoms with Crippen LogP contribution in [0.2, 0.25) is 5.02 Å². The quantitative estimate of drug-likeness (QED) is 0.845. The number of ether oxygens (including phenoxy) is 1. The molecular weight excluding hydrogens is 340 g/mol. The second kappa shape index (κ2) is 8.53. The maximum Gasteiger partial charge on any atom is 0.226 e. The Morgan fingerprint density at radius 3 is 2.60 bits per heavy atom. The van der Waals surface area contributed by atoms with Gasteiger partial charge in [-0.2, -0.15) is 0 Å². The number of hydrogen-bond donors (Lipinski definition) is 1. The third-order valence-electron chi connectivity index (χ3n) is 3.83. The number of nitrogens with one attached hydrogen (secondary N) is 1. The van der Waals surface area contributed by atoms with Gasteiger partial charge in [-0.1, -0.05) is 23.7 Å². The molecule has 0 atom stereocenters. The SMILES string of the molecule is COc1cccc(NC(=O)CCN(C(C)=O)c2cccc(Cl)c2C)c1. The number of nitrogens with zero attached hydrogens (tertiary/aromatic N) is 1. The van der Waals surface area contributed by atoms with Gasteiger partial charge < -0.3 is 15.0 Å². The molecule has 5 nitrogen and oxygen atoms in total. The molecule has 0 fully saturated rings. The van der Waals surface area contributed by atoms with Gasteiger partial charge in [-0.3, -0.25) is 9.59 Å². The maximum atomic E-state index is 12.2. The van der Waals surface area contributed by atoms with E-state index in [2.05, 4.69) is 5.32 Å². The molecule has 0 aliphatic heterocycles. The summed E-state index contributed by atoms with van der Waals surface area (Å²) in [4.78, 5) is 25.8. The molecule has 0 saturated heterocycles. The zero-order chi connectivity index (χ0) is 18.4. The third-order valence-corrected chi connectivity index (χ3v) is 4.24. The molecule has 0 spiro atoms. The van der Waals surface area contributed by atoms with E-state index < -0.39 is 0 Å². The highest BCUT2D eigenvalue weighted by Crippen LogP contribution is 2.27. The number of amides is 2. The summed E-state index contributed by atoms with van der Waals surface area (Å²) in [5.74, 6) is 0.344. The molecule has 0 bridgehead atoms. The van der Waals surface area contributed by atoms with Crippen LogP contribution in [0.5, 0.6) is 5.75 Å². The lowest BCUT2D eigenvalue weighted by atomic mass is 10.1. The Kier molecular flexibility index (Phi) is 6.42. The maximum absolute atomic E-state index is 12.2. The molecule has 0 radical (unpaired) electrons. The summed E-state index contributed by atoms with van der Waals surface area (Å²) in [7, 11) is 1.57. The summed E-state index contributed by atoms with van der Waals surface area (Å²) < 4.78 is 5.13. The van der Waals surface area contributed by atoms with Crippen LogP contribution in [0, 0.1) is 6.92 Å². The Morgan fingerprint density at radius 2 is 1.92 bits per heavy atom. The smallest absolute Gasteiger partial charge is 0.226 e. The molecule has 0 unspecified atom stereocenters. The first-order valence-electron chi connectivity index (χ1n) is 7.89. The van der Waals surface area contributed by atoms with Gasteiger partial charge >= 0.3 is 0 Å². The van der Waals surface area contributed by atoms with Crippen LogP contribution in [0.15, 0.2) is 42.5 Å². The average Bonchev–Trinajstić information content (AvgIpc) is 2.58. The zero-order valence-corrected chi connectivity index (χ0v) is 15.3. The Bertz CT molecular complexity index is 777. The van der Waals surface area contributed by atoms with Crippen molar-refractivity contribution in [3.05, 3.63) is 53.1 Å². The Balaban J connectivity index is 2.04. The summed E-state index contributed by atoms with van der Waals surface area (Å²) in [5.41, 5.74) is 2.18. The van der Waals surface area contributed by atoms with Crippen molar-refractivity contribution in [2.24, 2.45) is 0 Å². The van der Waals surface area contributed by atoms with E-state index in [1.54, 1.807) is 48.4 Å². The van der Waals surface area contributed by atoms with Crippen LogP contribution in [-0.2, 0) is 9.59 Å². The number of carbonyl (C=O) groups excluding carboxylic acids is 2. The third kappa shape index (κ3) is 4.97. The minimum atomic E-state index is -0.181. The van der Waals surface area contributed by atoms with Crippen molar-refractivity contribution < 1.29 is 14.3 Å². The normalized spacial score (nSPS) is 10.2. The first kappa shape index (κ1) is 18.8. The van der Waals surface area contributed by atoms with Crippen molar-refractivity contribution in [1.29, 1.82) is 0 Å². The first-order valence-corrected chi connectivity index (χ1v) is 8.27. The number of anilines is 2. The van der Waals surface area contributed by atoms with Gasteiger partial charge in [0.2, 0.25) is 11.8 Å². The average molecular weight is 361 g/mol. The van der Waals surface area contributed by atoms with E-state index in [0.29, 0.717) is 22.1 Å². The standard InChI is InChI=1S/C19H21ClN2O3/c1-13-17(20)8-5-9-18(13)22(14(2)23)11-10-19(24)21-15-6-4-7-16(12-15)25-3/h4-9,12H,10-11H2,1-3H3,(H,21,24). The summed E-state index contributed by atoms with van der Waals surface area (Å²) in [6, 6.07) is 12.5. The molecule has 2 rings (SSSR count). The molecule has 0 aliphatic rings. The fourth-order valence-corrected chi connectivity index (χ4v) is 2.64. The van der Waals surface area contributed by atoms with Gasteiger partial charge in [0.15, 0.2) is 0 Å². The van der Waals surface area contributed by atoms with Crippen molar-refractivity contribution >= 4 is 34.8 Å². The second-order valence-corrected chi connectivity index (χ2v) is 5.99. The lowest BCUT2D eigenvalue weighted by Crippen LogP contribution is -2.32. The second-order valence-electron chi connectivity index (χ2n) is 5.58. The molecule has 132 valence electrons. The van der Waals surface area contributed by atoms with Crippen molar-refractivity contribution in [2.45, 2.75) is 20.3 Å². The van der Waals surface area contributed by atoms with Gasteiger partial charge in [-0.15, -0.1) is 0 Å². The Morgan fingerprint density at radius 1 is 1.20 bits per heavy atom. The van der Waals surface area contributed by atoms with Crippen molar-refractivity contribution in [3.63, 3.8) is 0 Å². The number of benzene rings is 2. The van der Waals surface area contributed by atoms with E-state index in [-0.39, 0.29) is 24.8 Å². The lowest BCUT2D eigenvalue weighted by molar-refractivity contribution is -0.117. The fourth-order valence-electron chi connectivity index (χ4n) is 2.47. The summed E-state index contributed by atoms with van der Waals surface area (Å²) in [6.07, 6.45) is 0.169. The number of methoxy groups -OCH3 is 1. The highest BCUT2D eigenvalue weighted by atomic mass is 35.5. The molecule has 25 heavy (non-hydrogen) atoms. The first-order chi connectivity index (χ1) is 11.9. The summed E-state index contributed by atoms with van der Waals surface area (Å²) >= 11 is 6.13. The topological polar surface area (TPSA) is 58.6 Å². The van der Waals surface area contributed by atoms with E-state index in [9.17, 15) is 9.59 Å². The molecular formula is C19H21ClN2O3. The minimum Gasteiger partial charge on any atom is -0.497 e. The van der Waals surface area contributed by atoms with Crippen LogP contribution in [0.1, 0.15) is 18.9 Å². The molecule has 6 heteroatoms. The highest BCUT2D eigenvalue weighted by Gasteiger charge is 2.16. The molecule has 2 aromatic carbocycles. The van der Waals surface area contributed by atoms with E-state index in [1.165, 1.54) is 6.92 Å². The lowest BCUT2D eigenvalue weighted by Gasteiger charge is -2.23. The minimum absolute atomic E-state index is 0.139. The summed E-state index contributed by atoms with van der Waals surface area (Å²) in [5, 5.41) is 3.39. The van der Waals surface area contributed by atoms with Crippen LogP contribution in [0.25, 0.3) is 0 Å². The fraction of sp³-hybridized carbons (Fsp3) is 0.263. The summed E-state index contributed by atoms with van der Waals surface area (Å²) in [6.45, 7) is 3.59. The molecule has 2 aromatic rings. The number of halogens is 1. The molecule has 0 heterocycles. The van der Waals surface area contributed by atoms with Gasteiger partial charge in [0, 0.05) is 42.4 Å². The van der Waals surface area contributed by atoms with Gasteiger partial charge in [0.05, 0.1) is 7.11 Å². The number of carbonyl (C=O) groups is 2. The van der Waals surface area contributed by atoms with Crippen molar-refractivity contribution in [2.75, 3.05) is 23.9 Å². The number of hydrogen-bond acceptors (Lipinski definition) is 3.